The Balaban J connectivity index is 1.87. The van der Waals surface area contributed by atoms with Crippen molar-refractivity contribution in [3.05, 3.63) is 52.0 Å². The molecule has 0 heterocycles. The van der Waals surface area contributed by atoms with E-state index in [4.69, 9.17) is 10.5 Å². The fourth-order valence-electron chi connectivity index (χ4n) is 2.51. The maximum atomic E-state index is 5.95. The molecule has 0 aliphatic heterocycles. The molecule has 0 radical (unpaired) electrons. The van der Waals surface area contributed by atoms with E-state index in [-0.39, 0.29) is 0 Å². The number of aryl methyl sites for hydroxylation is 2. The van der Waals surface area contributed by atoms with E-state index in [9.17, 15) is 0 Å². The minimum atomic E-state index is 0.645. The molecular formula is C16H16BrNO. The van der Waals surface area contributed by atoms with Crippen molar-refractivity contribution in [3.63, 3.8) is 0 Å². The van der Waals surface area contributed by atoms with E-state index in [1.54, 1.807) is 0 Å². The van der Waals surface area contributed by atoms with E-state index in [0.717, 1.165) is 16.6 Å². The third-order valence-electron chi connectivity index (χ3n) is 3.52. The Hall–Kier alpha value is -1.48. The van der Waals surface area contributed by atoms with E-state index >= 15 is 0 Å². The van der Waals surface area contributed by atoms with E-state index in [1.165, 1.54) is 30.4 Å². The normalized spacial score (nSPS) is 13.9. The molecular weight excluding hydrogens is 302 g/mol. The zero-order chi connectivity index (χ0) is 13.2. The number of fused-ring (bicyclic) bond motifs is 1. The average molecular weight is 318 g/mol. The first-order valence-corrected chi connectivity index (χ1v) is 7.36. The van der Waals surface area contributed by atoms with Crippen LogP contribution in [0.5, 0.6) is 11.5 Å². The molecule has 3 heteroatoms. The summed E-state index contributed by atoms with van der Waals surface area (Å²) in [6.45, 7) is 0. The number of nitrogens with two attached hydrogens (primary N) is 1. The number of anilines is 1. The number of hydrogen-bond donors (Lipinski definition) is 1. The summed E-state index contributed by atoms with van der Waals surface area (Å²) in [5.74, 6) is 1.58. The second kappa shape index (κ2) is 5.25. The second-order valence-corrected chi connectivity index (χ2v) is 5.84. The maximum absolute atomic E-state index is 5.95. The van der Waals surface area contributed by atoms with Crippen LogP contribution in [0.4, 0.5) is 5.69 Å². The molecule has 0 fully saturated rings. The quantitative estimate of drug-likeness (QED) is 0.815. The fourth-order valence-corrected chi connectivity index (χ4v) is 2.89. The molecule has 2 aromatic carbocycles. The molecule has 0 atom stereocenters. The van der Waals surface area contributed by atoms with Crippen LogP contribution in [-0.2, 0) is 12.8 Å². The Kier molecular flexibility index (Phi) is 3.47. The zero-order valence-electron chi connectivity index (χ0n) is 10.7. The summed E-state index contributed by atoms with van der Waals surface area (Å²) in [5.41, 5.74) is 9.47. The lowest BCUT2D eigenvalue weighted by Crippen LogP contribution is -2.02. The van der Waals surface area contributed by atoms with Gasteiger partial charge < -0.3 is 10.5 Å². The van der Waals surface area contributed by atoms with Crippen LogP contribution in [-0.4, -0.2) is 0 Å². The van der Waals surface area contributed by atoms with Crippen LogP contribution in [0.2, 0.25) is 0 Å². The molecule has 0 unspecified atom stereocenters. The van der Waals surface area contributed by atoms with Gasteiger partial charge in [0.15, 0.2) is 0 Å². The van der Waals surface area contributed by atoms with Crippen molar-refractivity contribution in [2.24, 2.45) is 0 Å². The van der Waals surface area contributed by atoms with Crippen LogP contribution in [0.3, 0.4) is 0 Å². The number of rotatable bonds is 2. The first kappa shape index (κ1) is 12.5. The Labute approximate surface area is 121 Å². The van der Waals surface area contributed by atoms with Gasteiger partial charge in [-0.3, -0.25) is 0 Å². The summed E-state index contributed by atoms with van der Waals surface area (Å²) < 4.78 is 6.85. The zero-order valence-corrected chi connectivity index (χ0v) is 12.2. The van der Waals surface area contributed by atoms with Crippen LogP contribution < -0.4 is 10.5 Å². The molecule has 98 valence electrons. The molecule has 19 heavy (non-hydrogen) atoms. The lowest BCUT2D eigenvalue weighted by molar-refractivity contribution is 0.483. The summed E-state index contributed by atoms with van der Waals surface area (Å²) in [5, 5.41) is 0. The third-order valence-corrected chi connectivity index (χ3v) is 4.01. The van der Waals surface area contributed by atoms with Gasteiger partial charge in [0.2, 0.25) is 0 Å². The van der Waals surface area contributed by atoms with Gasteiger partial charge in [-0.25, -0.2) is 0 Å². The predicted octanol–water partition coefficient (Wildman–Crippen LogP) is 4.70. The van der Waals surface area contributed by atoms with Crippen molar-refractivity contribution in [1.29, 1.82) is 0 Å². The number of nitrogen functional groups attached to an aromatic ring is 1. The maximum Gasteiger partial charge on any atom is 0.150 e. The van der Waals surface area contributed by atoms with E-state index < -0.39 is 0 Å². The first-order chi connectivity index (χ1) is 9.22. The van der Waals surface area contributed by atoms with Gasteiger partial charge in [-0.2, -0.15) is 0 Å². The minimum Gasteiger partial charge on any atom is -0.455 e. The molecule has 2 aromatic rings. The number of benzene rings is 2. The monoisotopic (exact) mass is 317 g/mol. The Morgan fingerprint density at radius 3 is 2.53 bits per heavy atom. The number of ether oxygens (including phenoxy) is 1. The van der Waals surface area contributed by atoms with Crippen molar-refractivity contribution >= 4 is 21.6 Å². The van der Waals surface area contributed by atoms with Gasteiger partial charge in [0.05, 0.1) is 5.69 Å². The van der Waals surface area contributed by atoms with Gasteiger partial charge in [0.1, 0.15) is 11.5 Å². The standard InChI is InChI=1S/C16H16BrNO/c17-13-6-8-16(15(18)10-13)19-14-7-5-11-3-1-2-4-12(11)9-14/h5-10H,1-4,18H2. The SMILES string of the molecule is Nc1cc(Br)ccc1Oc1ccc2c(c1)CCCC2. The van der Waals surface area contributed by atoms with Gasteiger partial charge in [-0.15, -0.1) is 0 Å². The first-order valence-electron chi connectivity index (χ1n) is 6.57. The third kappa shape index (κ3) is 2.76. The Morgan fingerprint density at radius 1 is 0.947 bits per heavy atom. The molecule has 2 nitrogen and oxygen atoms in total. The smallest absolute Gasteiger partial charge is 0.150 e. The van der Waals surface area contributed by atoms with Gasteiger partial charge in [0.25, 0.3) is 0 Å². The van der Waals surface area contributed by atoms with Crippen molar-refractivity contribution in [2.45, 2.75) is 25.7 Å². The van der Waals surface area contributed by atoms with Crippen LogP contribution in [0.1, 0.15) is 24.0 Å². The summed E-state index contributed by atoms with van der Waals surface area (Å²) in [6, 6.07) is 12.0. The molecule has 3 rings (SSSR count). The molecule has 0 saturated heterocycles. The van der Waals surface area contributed by atoms with E-state index in [2.05, 4.69) is 28.1 Å². The van der Waals surface area contributed by atoms with Crippen molar-refractivity contribution < 1.29 is 4.74 Å². The molecule has 2 N–H and O–H groups in total. The van der Waals surface area contributed by atoms with Crippen LogP contribution in [0, 0.1) is 0 Å². The van der Waals surface area contributed by atoms with E-state index in [1.807, 2.05) is 24.3 Å². The largest absolute Gasteiger partial charge is 0.455 e. The number of halogens is 1. The van der Waals surface area contributed by atoms with Gasteiger partial charge in [-0.05, 0) is 67.1 Å². The summed E-state index contributed by atoms with van der Waals surface area (Å²) in [4.78, 5) is 0. The predicted molar refractivity (Wildman–Crippen MR) is 81.7 cm³/mol. The van der Waals surface area contributed by atoms with Gasteiger partial charge in [0, 0.05) is 4.47 Å². The highest BCUT2D eigenvalue weighted by Crippen LogP contribution is 2.32. The minimum absolute atomic E-state index is 0.645. The highest BCUT2D eigenvalue weighted by atomic mass is 79.9. The Bertz CT molecular complexity index is 610. The van der Waals surface area contributed by atoms with Crippen molar-refractivity contribution in [3.8, 4) is 11.5 Å². The molecule has 1 aliphatic carbocycles. The highest BCUT2D eigenvalue weighted by Gasteiger charge is 2.11. The van der Waals surface area contributed by atoms with Gasteiger partial charge >= 0.3 is 0 Å². The number of hydrogen-bond acceptors (Lipinski definition) is 2. The topological polar surface area (TPSA) is 35.2 Å². The molecule has 0 aromatic heterocycles. The average Bonchev–Trinajstić information content (AvgIpc) is 2.42. The molecule has 1 aliphatic rings. The second-order valence-electron chi connectivity index (χ2n) is 4.92. The molecule has 0 amide bonds. The lowest BCUT2D eigenvalue weighted by atomic mass is 9.92. The van der Waals surface area contributed by atoms with Crippen LogP contribution in [0.25, 0.3) is 0 Å². The Morgan fingerprint density at radius 2 is 1.74 bits per heavy atom. The molecule has 0 bridgehead atoms. The molecule has 0 saturated carbocycles. The fraction of sp³-hybridized carbons (Fsp3) is 0.250. The summed E-state index contributed by atoms with van der Waals surface area (Å²) in [6.07, 6.45) is 4.92. The summed E-state index contributed by atoms with van der Waals surface area (Å²) in [7, 11) is 0. The van der Waals surface area contributed by atoms with Crippen LogP contribution >= 0.6 is 15.9 Å². The highest BCUT2D eigenvalue weighted by molar-refractivity contribution is 9.10. The van der Waals surface area contributed by atoms with Crippen molar-refractivity contribution in [1.82, 2.24) is 0 Å². The lowest BCUT2D eigenvalue weighted by Gasteiger charge is -2.17. The van der Waals surface area contributed by atoms with Gasteiger partial charge in [-0.1, -0.05) is 22.0 Å². The molecule has 0 spiro atoms. The van der Waals surface area contributed by atoms with Crippen molar-refractivity contribution in [2.75, 3.05) is 5.73 Å². The summed E-state index contributed by atoms with van der Waals surface area (Å²) >= 11 is 3.40. The van der Waals surface area contributed by atoms with E-state index in [0.29, 0.717) is 11.4 Å². The van der Waals surface area contributed by atoms with Crippen LogP contribution in [0.15, 0.2) is 40.9 Å².